The highest BCUT2D eigenvalue weighted by molar-refractivity contribution is 5.97. The smallest absolute Gasteiger partial charge is 0.249 e. The maximum absolute atomic E-state index is 11.8. The Morgan fingerprint density at radius 3 is 2.38 bits per heavy atom. The van der Waals surface area contributed by atoms with Crippen LogP contribution in [0.25, 0.3) is 6.08 Å². The van der Waals surface area contributed by atoms with Crippen LogP contribution in [0.2, 0.25) is 0 Å². The van der Waals surface area contributed by atoms with Crippen molar-refractivity contribution in [1.82, 2.24) is 0 Å². The van der Waals surface area contributed by atoms with Crippen molar-refractivity contribution >= 4 is 11.8 Å². The molecule has 1 unspecified atom stereocenters. The molecule has 106 valence electrons. The van der Waals surface area contributed by atoms with E-state index in [1.165, 1.54) is 5.56 Å². The van der Waals surface area contributed by atoms with E-state index >= 15 is 0 Å². The number of hydrogen-bond acceptors (Lipinski definition) is 2. The van der Waals surface area contributed by atoms with Gasteiger partial charge in [0.1, 0.15) is 0 Å². The molecule has 0 N–H and O–H groups in total. The average Bonchev–Trinajstić information content (AvgIpc) is 2.87. The lowest BCUT2D eigenvalue weighted by molar-refractivity contribution is -0.730. The molecule has 0 bridgehead atoms. The first-order valence-corrected chi connectivity index (χ1v) is 7.07. The van der Waals surface area contributed by atoms with Crippen LogP contribution in [0.1, 0.15) is 11.1 Å². The Bertz CT molecular complexity index is 647. The van der Waals surface area contributed by atoms with E-state index in [0.717, 1.165) is 12.0 Å². The molecule has 0 saturated carbocycles. The van der Waals surface area contributed by atoms with Gasteiger partial charge in [-0.05, 0) is 23.6 Å². The van der Waals surface area contributed by atoms with Gasteiger partial charge in [0, 0.05) is 11.0 Å². The van der Waals surface area contributed by atoms with Crippen LogP contribution in [0.3, 0.4) is 0 Å². The van der Waals surface area contributed by atoms with Crippen molar-refractivity contribution in [3.05, 3.63) is 83.1 Å². The summed E-state index contributed by atoms with van der Waals surface area (Å²) in [5, 5.41) is 11.8. The van der Waals surface area contributed by atoms with Gasteiger partial charge in [-0.15, -0.1) is 0 Å². The summed E-state index contributed by atoms with van der Waals surface area (Å²) in [6, 6.07) is 20.1. The topological polar surface area (TPSA) is 35.3 Å². The summed E-state index contributed by atoms with van der Waals surface area (Å²) in [5.74, 6) is 0.102. The lowest BCUT2D eigenvalue weighted by atomic mass is 9.95. The third-order valence-electron chi connectivity index (χ3n) is 3.59. The van der Waals surface area contributed by atoms with Gasteiger partial charge < -0.3 is 4.84 Å². The molecule has 1 aliphatic heterocycles. The van der Waals surface area contributed by atoms with Gasteiger partial charge in [-0.25, -0.2) is 0 Å². The molecule has 0 spiro atoms. The van der Waals surface area contributed by atoms with E-state index in [1.807, 2.05) is 60.7 Å². The van der Waals surface area contributed by atoms with Gasteiger partial charge in [0.05, 0.1) is 12.5 Å². The molecule has 3 nitrogen and oxygen atoms in total. The van der Waals surface area contributed by atoms with E-state index in [2.05, 4.69) is 12.1 Å². The number of hydrogen-bond donors (Lipinski definition) is 0. The minimum absolute atomic E-state index is 0.102. The molecule has 2 aromatic carbocycles. The minimum atomic E-state index is 0.102. The molecule has 21 heavy (non-hydrogen) atoms. The van der Waals surface area contributed by atoms with E-state index in [1.54, 1.807) is 0 Å². The fourth-order valence-electron chi connectivity index (χ4n) is 2.47. The number of allylic oxidation sites excluding steroid dienone is 1. The van der Waals surface area contributed by atoms with Crippen molar-refractivity contribution < 1.29 is 9.74 Å². The molecule has 0 saturated heterocycles. The van der Waals surface area contributed by atoms with Crippen LogP contribution < -0.4 is 0 Å². The third-order valence-corrected chi connectivity index (χ3v) is 3.59. The first kappa shape index (κ1) is 13.4. The Morgan fingerprint density at radius 2 is 1.67 bits per heavy atom. The van der Waals surface area contributed by atoms with Crippen molar-refractivity contribution in [1.29, 1.82) is 0 Å². The second kappa shape index (κ2) is 6.27. The molecule has 0 aromatic heterocycles. The van der Waals surface area contributed by atoms with E-state index < -0.39 is 0 Å². The third kappa shape index (κ3) is 3.31. The van der Waals surface area contributed by atoms with Crippen molar-refractivity contribution in [2.24, 2.45) is 5.92 Å². The lowest BCUT2D eigenvalue weighted by Gasteiger charge is -2.05. The molecular weight excluding hydrogens is 262 g/mol. The van der Waals surface area contributed by atoms with Gasteiger partial charge in [0.2, 0.25) is 5.71 Å². The van der Waals surface area contributed by atoms with Gasteiger partial charge in [-0.1, -0.05) is 60.7 Å². The Hall–Kier alpha value is -2.55. The predicted octanol–water partition coefficient (Wildman–Crippen LogP) is 3.46. The second-order valence-electron chi connectivity index (χ2n) is 5.11. The van der Waals surface area contributed by atoms with Crippen LogP contribution >= 0.6 is 0 Å². The van der Waals surface area contributed by atoms with Gasteiger partial charge in [-0.2, -0.15) is 0 Å². The van der Waals surface area contributed by atoms with Gasteiger partial charge >= 0.3 is 0 Å². The number of benzene rings is 2. The molecule has 1 aliphatic rings. The molecule has 0 amide bonds. The highest BCUT2D eigenvalue weighted by atomic mass is 16.9. The van der Waals surface area contributed by atoms with Crippen LogP contribution in [-0.2, 0) is 11.3 Å². The van der Waals surface area contributed by atoms with Gasteiger partial charge in [-0.3, -0.25) is 5.21 Å². The van der Waals surface area contributed by atoms with E-state index in [0.29, 0.717) is 17.2 Å². The second-order valence-corrected chi connectivity index (χ2v) is 5.11. The number of rotatable bonds is 4. The van der Waals surface area contributed by atoms with Crippen molar-refractivity contribution in [3.63, 3.8) is 0 Å². The Kier molecular flexibility index (Phi) is 4.01. The molecule has 1 atom stereocenters. The van der Waals surface area contributed by atoms with E-state index in [-0.39, 0.29) is 5.92 Å². The van der Waals surface area contributed by atoms with Crippen LogP contribution in [-0.4, -0.2) is 17.2 Å². The standard InChI is InChI=1S/C18H17NO2/c20-19-18(12-11-15-7-3-1-4-8-15)17(14-21-19)13-16-9-5-2-6-10-16/h1-12,17H,13-14H2/b12-11-. The van der Waals surface area contributed by atoms with E-state index in [9.17, 15) is 5.21 Å². The fraction of sp³-hybridized carbons (Fsp3) is 0.167. The summed E-state index contributed by atoms with van der Waals surface area (Å²) < 4.78 is 0. The molecule has 3 rings (SSSR count). The molecular formula is C18H17NO2. The summed E-state index contributed by atoms with van der Waals surface area (Å²) in [7, 11) is 0. The maximum atomic E-state index is 11.8. The van der Waals surface area contributed by atoms with Crippen LogP contribution in [0, 0.1) is 11.1 Å². The maximum Gasteiger partial charge on any atom is 0.249 e. The lowest BCUT2D eigenvalue weighted by Crippen LogP contribution is -2.16. The summed E-state index contributed by atoms with van der Waals surface area (Å²) in [6.45, 7) is 0.437. The zero-order valence-electron chi connectivity index (χ0n) is 11.7. The summed E-state index contributed by atoms with van der Waals surface area (Å²) >= 11 is 0. The highest BCUT2D eigenvalue weighted by Crippen LogP contribution is 2.17. The van der Waals surface area contributed by atoms with Crippen LogP contribution in [0.5, 0.6) is 0 Å². The summed E-state index contributed by atoms with van der Waals surface area (Å²) in [5.41, 5.74) is 2.97. The highest BCUT2D eigenvalue weighted by Gasteiger charge is 2.29. The van der Waals surface area contributed by atoms with Gasteiger partial charge in [0.15, 0.2) is 0 Å². The van der Waals surface area contributed by atoms with Crippen LogP contribution in [0.4, 0.5) is 0 Å². The molecule has 0 aliphatic carbocycles. The molecule has 3 heteroatoms. The monoisotopic (exact) mass is 279 g/mol. The van der Waals surface area contributed by atoms with Crippen molar-refractivity contribution in [2.45, 2.75) is 6.42 Å². The average molecular weight is 279 g/mol. The Balaban J connectivity index is 1.76. The Labute approximate surface area is 124 Å². The molecule has 0 fully saturated rings. The first-order chi connectivity index (χ1) is 10.3. The largest absolute Gasteiger partial charge is 0.402 e. The Morgan fingerprint density at radius 1 is 1.00 bits per heavy atom. The minimum Gasteiger partial charge on any atom is -0.402 e. The molecule has 2 aromatic rings. The van der Waals surface area contributed by atoms with Crippen molar-refractivity contribution in [3.8, 4) is 0 Å². The zero-order valence-corrected chi connectivity index (χ0v) is 11.7. The van der Waals surface area contributed by atoms with E-state index in [4.69, 9.17) is 4.84 Å². The molecule has 1 heterocycles. The summed E-state index contributed by atoms with van der Waals surface area (Å²) in [4.78, 5) is 5.77. The first-order valence-electron chi connectivity index (χ1n) is 7.07. The quantitative estimate of drug-likeness (QED) is 0.803. The number of nitrogens with zero attached hydrogens (tertiary/aromatic N) is 1. The molecule has 0 radical (unpaired) electrons. The fourth-order valence-corrected chi connectivity index (χ4v) is 2.47. The SMILES string of the molecule is [O-][N+]1=C(/C=C\c2ccccc2)C(Cc2ccccc2)CO1. The van der Waals surface area contributed by atoms with Crippen LogP contribution in [0.15, 0.2) is 66.7 Å². The zero-order chi connectivity index (χ0) is 14.5. The predicted molar refractivity (Wildman–Crippen MR) is 83.7 cm³/mol. The van der Waals surface area contributed by atoms with Crippen molar-refractivity contribution in [2.75, 3.05) is 6.61 Å². The summed E-state index contributed by atoms with van der Waals surface area (Å²) in [6.07, 6.45) is 4.63. The van der Waals surface area contributed by atoms with Gasteiger partial charge in [0.25, 0.3) is 0 Å². The normalized spacial score (nSPS) is 18.2.